The molecule has 1 fully saturated rings. The van der Waals surface area contributed by atoms with Crippen molar-refractivity contribution in [3.05, 3.63) is 17.5 Å². The molecule has 1 saturated carbocycles. The van der Waals surface area contributed by atoms with E-state index in [1.807, 2.05) is 0 Å². The molecule has 8 heteroatoms. The molecule has 4 nitrogen and oxygen atoms in total. The molecule has 0 saturated heterocycles. The third-order valence-electron chi connectivity index (χ3n) is 2.34. The van der Waals surface area contributed by atoms with Gasteiger partial charge in [-0.15, -0.1) is 0 Å². The van der Waals surface area contributed by atoms with Crippen molar-refractivity contribution in [2.45, 2.75) is 30.1 Å². The van der Waals surface area contributed by atoms with E-state index in [-0.39, 0.29) is 11.6 Å². The lowest BCUT2D eigenvalue weighted by atomic mass is 10.2. The molecule has 1 aromatic rings. The zero-order chi connectivity index (χ0) is 12.8. The van der Waals surface area contributed by atoms with Gasteiger partial charge in [-0.05, 0) is 18.9 Å². The van der Waals surface area contributed by atoms with Crippen LogP contribution in [0.1, 0.15) is 30.1 Å². The largest absolute Gasteiger partial charge is 0.433 e. The predicted molar refractivity (Wildman–Crippen MR) is 52.1 cm³/mol. The van der Waals surface area contributed by atoms with Crippen molar-refractivity contribution in [3.8, 4) is 0 Å². The molecule has 0 atom stereocenters. The SMILES string of the molecule is CS(=O)(=O)c1nc(C2CC2)cc(C(F)(F)F)n1. The molecule has 0 unspecified atom stereocenters. The third kappa shape index (κ3) is 2.74. The van der Waals surface area contributed by atoms with Crippen LogP contribution in [0, 0.1) is 0 Å². The number of hydrogen-bond donors (Lipinski definition) is 0. The zero-order valence-electron chi connectivity index (χ0n) is 8.82. The minimum Gasteiger partial charge on any atom is -0.223 e. The summed E-state index contributed by atoms with van der Waals surface area (Å²) in [6, 6.07) is 0.826. The van der Waals surface area contributed by atoms with Crippen LogP contribution in [0.2, 0.25) is 0 Å². The van der Waals surface area contributed by atoms with Crippen molar-refractivity contribution in [1.82, 2.24) is 9.97 Å². The standard InChI is InChI=1S/C9H9F3N2O2S/c1-17(15,16)8-13-6(5-2-3-5)4-7(14-8)9(10,11)12/h4-5H,2-3H2,1H3. The van der Waals surface area contributed by atoms with Gasteiger partial charge in [0.05, 0.1) is 0 Å². The number of sulfone groups is 1. The number of aromatic nitrogens is 2. The molecule has 0 amide bonds. The van der Waals surface area contributed by atoms with Gasteiger partial charge in [0.1, 0.15) is 5.69 Å². The van der Waals surface area contributed by atoms with E-state index in [9.17, 15) is 21.6 Å². The van der Waals surface area contributed by atoms with Gasteiger partial charge in [-0.3, -0.25) is 0 Å². The van der Waals surface area contributed by atoms with Gasteiger partial charge in [0.25, 0.3) is 0 Å². The van der Waals surface area contributed by atoms with Gasteiger partial charge in [-0.25, -0.2) is 18.4 Å². The minimum absolute atomic E-state index is 0.0698. The van der Waals surface area contributed by atoms with E-state index in [0.717, 1.165) is 25.2 Å². The fourth-order valence-corrected chi connectivity index (χ4v) is 1.88. The normalized spacial score (nSPS) is 17.2. The van der Waals surface area contributed by atoms with Crippen molar-refractivity contribution in [2.75, 3.05) is 6.26 Å². The average Bonchev–Trinajstić information content (AvgIpc) is 2.97. The average molecular weight is 266 g/mol. The Balaban J connectivity index is 2.58. The molecule has 1 aliphatic carbocycles. The number of nitrogens with zero attached hydrogens (tertiary/aromatic N) is 2. The highest BCUT2D eigenvalue weighted by molar-refractivity contribution is 7.90. The van der Waals surface area contributed by atoms with Crippen molar-refractivity contribution in [1.29, 1.82) is 0 Å². The van der Waals surface area contributed by atoms with Gasteiger partial charge in [-0.2, -0.15) is 13.2 Å². The Morgan fingerprint density at radius 2 is 1.88 bits per heavy atom. The Hall–Kier alpha value is -1.18. The van der Waals surface area contributed by atoms with E-state index in [0.29, 0.717) is 0 Å². The van der Waals surface area contributed by atoms with E-state index < -0.39 is 26.9 Å². The molecule has 1 heterocycles. The van der Waals surface area contributed by atoms with Crippen LogP contribution in [0.25, 0.3) is 0 Å². The second-order valence-corrected chi connectivity index (χ2v) is 5.91. The smallest absolute Gasteiger partial charge is 0.223 e. The summed E-state index contributed by atoms with van der Waals surface area (Å²) in [6.45, 7) is 0. The van der Waals surface area contributed by atoms with E-state index in [2.05, 4.69) is 9.97 Å². The van der Waals surface area contributed by atoms with Gasteiger partial charge in [0.2, 0.25) is 15.0 Å². The molecule has 94 valence electrons. The molecular weight excluding hydrogens is 257 g/mol. The van der Waals surface area contributed by atoms with Crippen LogP contribution in [0.4, 0.5) is 13.2 Å². The zero-order valence-corrected chi connectivity index (χ0v) is 9.64. The van der Waals surface area contributed by atoms with E-state index >= 15 is 0 Å². The lowest BCUT2D eigenvalue weighted by molar-refractivity contribution is -0.141. The van der Waals surface area contributed by atoms with Crippen LogP contribution in [-0.4, -0.2) is 24.6 Å². The van der Waals surface area contributed by atoms with Crippen LogP contribution < -0.4 is 0 Å². The molecular formula is C9H9F3N2O2S. The summed E-state index contributed by atoms with van der Waals surface area (Å²) >= 11 is 0. The highest BCUT2D eigenvalue weighted by Crippen LogP contribution is 2.40. The fourth-order valence-electron chi connectivity index (χ4n) is 1.34. The van der Waals surface area contributed by atoms with E-state index in [4.69, 9.17) is 0 Å². The summed E-state index contributed by atoms with van der Waals surface area (Å²) in [7, 11) is -3.84. The molecule has 1 aliphatic rings. The number of halogens is 3. The van der Waals surface area contributed by atoms with Crippen molar-refractivity contribution in [3.63, 3.8) is 0 Å². The fraction of sp³-hybridized carbons (Fsp3) is 0.556. The molecule has 0 radical (unpaired) electrons. The van der Waals surface area contributed by atoms with Gasteiger partial charge in [0, 0.05) is 17.9 Å². The lowest BCUT2D eigenvalue weighted by Gasteiger charge is -2.09. The molecule has 0 N–H and O–H groups in total. The summed E-state index contributed by atoms with van der Waals surface area (Å²) in [6.07, 6.45) is -2.40. The Labute approximate surface area is 95.8 Å². The molecule has 2 rings (SSSR count). The minimum atomic E-state index is -4.66. The van der Waals surface area contributed by atoms with Crippen LogP contribution in [0.15, 0.2) is 11.2 Å². The maximum absolute atomic E-state index is 12.5. The van der Waals surface area contributed by atoms with Gasteiger partial charge >= 0.3 is 6.18 Å². The maximum Gasteiger partial charge on any atom is 0.433 e. The Kier molecular flexibility index (Phi) is 2.64. The molecule has 17 heavy (non-hydrogen) atoms. The first-order chi connectivity index (χ1) is 7.68. The molecule has 0 bridgehead atoms. The molecule has 0 spiro atoms. The van der Waals surface area contributed by atoms with Crippen molar-refractivity contribution >= 4 is 9.84 Å². The predicted octanol–water partition coefficient (Wildman–Crippen LogP) is 1.78. The van der Waals surface area contributed by atoms with Crippen LogP contribution in [0.5, 0.6) is 0 Å². The molecule has 0 aliphatic heterocycles. The van der Waals surface area contributed by atoms with Gasteiger partial charge in [0.15, 0.2) is 0 Å². The van der Waals surface area contributed by atoms with E-state index in [1.54, 1.807) is 0 Å². The summed E-state index contributed by atoms with van der Waals surface area (Å²) in [5.74, 6) is -0.0698. The summed E-state index contributed by atoms with van der Waals surface area (Å²) in [5.41, 5.74) is -1.04. The summed E-state index contributed by atoms with van der Waals surface area (Å²) < 4.78 is 60.0. The second kappa shape index (κ2) is 3.66. The first-order valence-electron chi connectivity index (χ1n) is 4.84. The summed E-state index contributed by atoms with van der Waals surface area (Å²) in [4.78, 5) is 6.74. The van der Waals surface area contributed by atoms with Gasteiger partial charge in [-0.1, -0.05) is 0 Å². The van der Waals surface area contributed by atoms with E-state index in [1.165, 1.54) is 0 Å². The topological polar surface area (TPSA) is 59.9 Å². The number of rotatable bonds is 2. The van der Waals surface area contributed by atoms with Crippen LogP contribution in [0.3, 0.4) is 0 Å². The molecule has 0 aromatic carbocycles. The monoisotopic (exact) mass is 266 g/mol. The van der Waals surface area contributed by atoms with Crippen LogP contribution >= 0.6 is 0 Å². The first-order valence-corrected chi connectivity index (χ1v) is 6.73. The Morgan fingerprint density at radius 3 is 2.29 bits per heavy atom. The lowest BCUT2D eigenvalue weighted by Crippen LogP contribution is -2.14. The molecule has 1 aromatic heterocycles. The number of hydrogen-bond acceptors (Lipinski definition) is 4. The Bertz CT molecular complexity index is 550. The summed E-state index contributed by atoms with van der Waals surface area (Å²) in [5, 5.41) is -0.755. The highest BCUT2D eigenvalue weighted by atomic mass is 32.2. The number of alkyl halides is 3. The van der Waals surface area contributed by atoms with Crippen molar-refractivity contribution in [2.24, 2.45) is 0 Å². The van der Waals surface area contributed by atoms with Crippen molar-refractivity contribution < 1.29 is 21.6 Å². The quantitative estimate of drug-likeness (QED) is 0.765. The first kappa shape index (κ1) is 12.3. The van der Waals surface area contributed by atoms with Gasteiger partial charge < -0.3 is 0 Å². The Morgan fingerprint density at radius 1 is 1.29 bits per heavy atom. The van der Waals surface area contributed by atoms with Crippen LogP contribution in [-0.2, 0) is 16.0 Å². The third-order valence-corrected chi connectivity index (χ3v) is 3.19. The highest BCUT2D eigenvalue weighted by Gasteiger charge is 2.36. The second-order valence-electron chi connectivity index (χ2n) is 4.00. The maximum atomic E-state index is 12.5.